The first-order valence-corrected chi connectivity index (χ1v) is 9.90. The van der Waals surface area contributed by atoms with Crippen LogP contribution < -0.4 is 10.6 Å². The monoisotopic (exact) mass is 409 g/mol. The summed E-state index contributed by atoms with van der Waals surface area (Å²) in [6.07, 6.45) is -0.933. The molecule has 0 bridgehead atoms. The summed E-state index contributed by atoms with van der Waals surface area (Å²) in [5.41, 5.74) is 6.22. The van der Waals surface area contributed by atoms with Crippen molar-refractivity contribution in [1.82, 2.24) is 4.90 Å². The number of halogens is 1. The highest BCUT2D eigenvalue weighted by atomic mass is 19.1. The number of hydrogen-bond acceptors (Lipinski definition) is 5. The molecule has 0 aromatic heterocycles. The average molecular weight is 410 g/mol. The third kappa shape index (κ3) is 5.74. The second-order valence-corrected chi connectivity index (χ2v) is 8.81. The zero-order valence-electron chi connectivity index (χ0n) is 17.5. The van der Waals surface area contributed by atoms with Gasteiger partial charge in [-0.1, -0.05) is 19.9 Å². The van der Waals surface area contributed by atoms with Crippen molar-refractivity contribution in [2.45, 2.75) is 51.8 Å². The number of nitrogens with zero attached hydrogens (tertiary/aromatic N) is 2. The van der Waals surface area contributed by atoms with Gasteiger partial charge in [-0.05, 0) is 44.4 Å². The minimum atomic E-state index is -0.995. The van der Waals surface area contributed by atoms with Crippen molar-refractivity contribution in [3.8, 4) is 0 Å². The highest BCUT2D eigenvalue weighted by molar-refractivity contribution is 5.95. The van der Waals surface area contributed by atoms with Crippen LogP contribution in [0.2, 0.25) is 0 Å². The lowest BCUT2D eigenvalue weighted by Gasteiger charge is -2.47. The van der Waals surface area contributed by atoms with Gasteiger partial charge in [0.1, 0.15) is 5.82 Å². The molecule has 3 atom stereocenters. The minimum Gasteiger partial charge on any atom is -0.481 e. The van der Waals surface area contributed by atoms with Crippen molar-refractivity contribution in [2.75, 3.05) is 24.5 Å². The SMILES string of the molecule is CC(C)[C@H](C[C@H](O)[C@@H](N)CN1CC(=O)N(c2cccc(F)c2)CC1(C)C)C(=O)O. The summed E-state index contributed by atoms with van der Waals surface area (Å²) in [6, 6.07) is 5.23. The summed E-state index contributed by atoms with van der Waals surface area (Å²) in [5, 5.41) is 19.8. The number of nitrogens with two attached hydrogens (primary N) is 1. The van der Waals surface area contributed by atoms with E-state index in [4.69, 9.17) is 5.73 Å². The zero-order chi connectivity index (χ0) is 21.9. The van der Waals surface area contributed by atoms with E-state index in [-0.39, 0.29) is 31.3 Å². The summed E-state index contributed by atoms with van der Waals surface area (Å²) in [6.45, 7) is 8.19. The van der Waals surface area contributed by atoms with Crippen molar-refractivity contribution in [1.29, 1.82) is 0 Å². The molecular weight excluding hydrogens is 377 g/mol. The molecule has 0 spiro atoms. The summed E-state index contributed by atoms with van der Waals surface area (Å²) in [4.78, 5) is 27.5. The lowest BCUT2D eigenvalue weighted by Crippen LogP contribution is -2.64. The standard InChI is InChI=1S/C21H32FN3O4/c1-13(2)16(20(28)29)9-18(26)17(23)10-24-11-19(27)25(12-21(24,3)4)15-7-5-6-14(22)8-15/h5-8,13,16-18,26H,9-12,23H2,1-4H3,(H,28,29)/t16-,17-,18-/m0/s1. The Morgan fingerprint density at radius 2 is 2.00 bits per heavy atom. The normalized spacial score (nSPS) is 20.6. The van der Waals surface area contributed by atoms with Crippen LogP contribution in [0.3, 0.4) is 0 Å². The molecule has 1 amide bonds. The number of benzene rings is 1. The first kappa shape index (κ1) is 23.3. The van der Waals surface area contributed by atoms with Crippen LogP contribution in [0.15, 0.2) is 24.3 Å². The van der Waals surface area contributed by atoms with Crippen LogP contribution >= 0.6 is 0 Å². The first-order valence-electron chi connectivity index (χ1n) is 9.90. The van der Waals surface area contributed by atoms with Gasteiger partial charge in [-0.25, -0.2) is 4.39 Å². The molecular formula is C21H32FN3O4. The third-order valence-corrected chi connectivity index (χ3v) is 5.69. The van der Waals surface area contributed by atoms with Crippen LogP contribution in [-0.4, -0.2) is 64.3 Å². The predicted octanol–water partition coefficient (Wildman–Crippen LogP) is 1.69. The van der Waals surface area contributed by atoms with Crippen LogP contribution in [0.4, 0.5) is 10.1 Å². The summed E-state index contributed by atoms with van der Waals surface area (Å²) in [7, 11) is 0. The number of carbonyl (C=O) groups is 2. The molecule has 1 heterocycles. The Morgan fingerprint density at radius 1 is 1.34 bits per heavy atom. The molecule has 4 N–H and O–H groups in total. The van der Waals surface area contributed by atoms with Crippen molar-refractivity contribution in [3.05, 3.63) is 30.1 Å². The molecule has 162 valence electrons. The first-order chi connectivity index (χ1) is 13.4. The van der Waals surface area contributed by atoms with Gasteiger partial charge in [0, 0.05) is 30.4 Å². The number of aliphatic carboxylic acids is 1. The number of carboxylic acids is 1. The van der Waals surface area contributed by atoms with E-state index in [9.17, 15) is 24.2 Å². The fourth-order valence-corrected chi connectivity index (χ4v) is 3.70. The topological polar surface area (TPSA) is 107 Å². The van der Waals surface area contributed by atoms with Gasteiger partial charge in [-0.2, -0.15) is 0 Å². The van der Waals surface area contributed by atoms with Crippen molar-refractivity contribution in [2.24, 2.45) is 17.6 Å². The van der Waals surface area contributed by atoms with E-state index in [1.54, 1.807) is 30.9 Å². The Hall–Kier alpha value is -2.03. The van der Waals surface area contributed by atoms with Crippen LogP contribution in [-0.2, 0) is 9.59 Å². The van der Waals surface area contributed by atoms with Crippen LogP contribution in [0, 0.1) is 17.7 Å². The number of hydrogen-bond donors (Lipinski definition) is 3. The smallest absolute Gasteiger partial charge is 0.306 e. The van der Waals surface area contributed by atoms with Gasteiger partial charge < -0.3 is 20.8 Å². The molecule has 1 aromatic carbocycles. The van der Waals surface area contributed by atoms with Crippen molar-refractivity contribution < 1.29 is 24.2 Å². The molecule has 0 saturated carbocycles. The molecule has 0 aliphatic carbocycles. The Kier molecular flexibility index (Phi) is 7.37. The van der Waals surface area contributed by atoms with E-state index in [1.165, 1.54) is 12.1 Å². The van der Waals surface area contributed by atoms with Crippen LogP contribution in [0.5, 0.6) is 0 Å². The minimum absolute atomic E-state index is 0.0613. The van der Waals surface area contributed by atoms with Gasteiger partial charge in [0.05, 0.1) is 18.6 Å². The van der Waals surface area contributed by atoms with Gasteiger partial charge in [-0.3, -0.25) is 14.5 Å². The fraction of sp³-hybridized carbons (Fsp3) is 0.619. The number of carboxylic acid groups (broad SMARTS) is 1. The molecule has 1 fully saturated rings. The van der Waals surface area contributed by atoms with Gasteiger partial charge in [-0.15, -0.1) is 0 Å². The average Bonchev–Trinajstić information content (AvgIpc) is 2.61. The lowest BCUT2D eigenvalue weighted by atomic mass is 9.87. The number of anilines is 1. The Balaban J connectivity index is 2.06. The van der Waals surface area contributed by atoms with Crippen molar-refractivity contribution >= 4 is 17.6 Å². The molecule has 1 saturated heterocycles. The number of carbonyl (C=O) groups excluding carboxylic acids is 1. The molecule has 0 unspecified atom stereocenters. The third-order valence-electron chi connectivity index (χ3n) is 5.69. The van der Waals surface area contributed by atoms with Crippen LogP contribution in [0.25, 0.3) is 0 Å². The van der Waals surface area contributed by atoms with Crippen molar-refractivity contribution in [3.63, 3.8) is 0 Å². The highest BCUT2D eigenvalue weighted by Crippen LogP contribution is 2.27. The molecule has 29 heavy (non-hydrogen) atoms. The Morgan fingerprint density at radius 3 is 2.55 bits per heavy atom. The van der Waals surface area contributed by atoms with Gasteiger partial charge in [0.25, 0.3) is 0 Å². The maximum atomic E-state index is 13.6. The van der Waals surface area contributed by atoms with Crippen LogP contribution in [0.1, 0.15) is 34.1 Å². The van der Waals surface area contributed by atoms with Gasteiger partial charge in [0.15, 0.2) is 0 Å². The molecule has 0 radical (unpaired) electrons. The van der Waals surface area contributed by atoms with E-state index >= 15 is 0 Å². The molecule has 1 aliphatic rings. The largest absolute Gasteiger partial charge is 0.481 e. The number of rotatable bonds is 8. The second kappa shape index (κ2) is 9.19. The summed E-state index contributed by atoms with van der Waals surface area (Å²) < 4.78 is 13.6. The number of aliphatic hydroxyl groups excluding tert-OH is 1. The number of amides is 1. The molecule has 7 nitrogen and oxygen atoms in total. The van der Waals surface area contributed by atoms with E-state index < -0.39 is 35.4 Å². The molecule has 8 heteroatoms. The van der Waals surface area contributed by atoms with E-state index in [0.717, 1.165) is 0 Å². The quantitative estimate of drug-likeness (QED) is 0.603. The van der Waals surface area contributed by atoms with E-state index in [1.807, 2.05) is 18.7 Å². The molecule has 1 aromatic rings. The fourth-order valence-electron chi connectivity index (χ4n) is 3.70. The number of piperazine rings is 1. The van der Waals surface area contributed by atoms with Gasteiger partial charge in [0.2, 0.25) is 5.91 Å². The molecule has 2 rings (SSSR count). The second-order valence-electron chi connectivity index (χ2n) is 8.81. The molecule has 1 aliphatic heterocycles. The highest BCUT2D eigenvalue weighted by Gasteiger charge is 2.40. The zero-order valence-corrected chi connectivity index (χ0v) is 17.5. The Bertz CT molecular complexity index is 740. The predicted molar refractivity (Wildman–Crippen MR) is 109 cm³/mol. The maximum absolute atomic E-state index is 13.6. The number of aliphatic hydroxyl groups is 1. The lowest BCUT2D eigenvalue weighted by molar-refractivity contribution is -0.144. The van der Waals surface area contributed by atoms with Gasteiger partial charge >= 0.3 is 5.97 Å². The Labute approximate surface area is 171 Å². The maximum Gasteiger partial charge on any atom is 0.306 e. The summed E-state index contributed by atoms with van der Waals surface area (Å²) >= 11 is 0. The summed E-state index contributed by atoms with van der Waals surface area (Å²) in [5.74, 6) is -2.34. The van der Waals surface area contributed by atoms with E-state index in [0.29, 0.717) is 12.2 Å². The van der Waals surface area contributed by atoms with E-state index in [2.05, 4.69) is 0 Å².